The summed E-state index contributed by atoms with van der Waals surface area (Å²) in [7, 11) is 0. The van der Waals surface area contributed by atoms with Crippen LogP contribution in [-0.4, -0.2) is 6.54 Å². The molecule has 0 fully saturated rings. The first-order valence-corrected chi connectivity index (χ1v) is 7.36. The van der Waals surface area contributed by atoms with Gasteiger partial charge in [0.15, 0.2) is 0 Å². The lowest BCUT2D eigenvalue weighted by molar-refractivity contribution is 0.537. The Balaban J connectivity index is 2.44. The average molecular weight is 289 g/mol. The van der Waals surface area contributed by atoms with Gasteiger partial charge in [0.2, 0.25) is 0 Å². The van der Waals surface area contributed by atoms with Crippen molar-refractivity contribution in [3.05, 3.63) is 59.2 Å². The summed E-state index contributed by atoms with van der Waals surface area (Å²) >= 11 is 0. The van der Waals surface area contributed by atoms with E-state index in [1.165, 1.54) is 12.1 Å². The van der Waals surface area contributed by atoms with E-state index in [4.69, 9.17) is 0 Å². The Morgan fingerprint density at radius 2 is 1.81 bits per heavy atom. The number of halogens is 2. The molecule has 1 atom stereocenters. The molecule has 0 aromatic heterocycles. The van der Waals surface area contributed by atoms with E-state index >= 15 is 0 Å². The highest BCUT2D eigenvalue weighted by Crippen LogP contribution is 2.28. The van der Waals surface area contributed by atoms with E-state index in [-0.39, 0.29) is 17.7 Å². The van der Waals surface area contributed by atoms with Crippen molar-refractivity contribution >= 4 is 0 Å². The number of rotatable bonds is 5. The first kappa shape index (κ1) is 15.6. The second-order valence-corrected chi connectivity index (χ2v) is 5.23. The maximum absolute atomic E-state index is 14.1. The van der Waals surface area contributed by atoms with Crippen molar-refractivity contribution in [1.29, 1.82) is 0 Å². The smallest absolute Gasteiger partial charge is 0.131 e. The van der Waals surface area contributed by atoms with Crippen LogP contribution in [0.25, 0.3) is 11.1 Å². The van der Waals surface area contributed by atoms with Crippen LogP contribution < -0.4 is 5.32 Å². The molecule has 0 aliphatic carbocycles. The fourth-order valence-corrected chi connectivity index (χ4v) is 2.53. The van der Waals surface area contributed by atoms with Crippen LogP contribution >= 0.6 is 0 Å². The van der Waals surface area contributed by atoms with E-state index in [1.54, 1.807) is 6.92 Å². The maximum atomic E-state index is 14.1. The standard InChI is InChI=1S/C18H21F2N/c1-4-18(21-5-2)14-8-6-7-13(10-14)15-11-16(19)12(3)9-17(15)20/h6-11,18,21H,4-5H2,1-3H3. The zero-order chi connectivity index (χ0) is 15.4. The molecule has 0 amide bonds. The predicted molar refractivity (Wildman–Crippen MR) is 83.2 cm³/mol. The monoisotopic (exact) mass is 289 g/mol. The van der Waals surface area contributed by atoms with Gasteiger partial charge in [0, 0.05) is 11.6 Å². The number of benzene rings is 2. The third-order valence-electron chi connectivity index (χ3n) is 3.71. The van der Waals surface area contributed by atoms with Gasteiger partial charge in [0.25, 0.3) is 0 Å². The lowest BCUT2D eigenvalue weighted by atomic mass is 9.97. The minimum absolute atomic E-state index is 0.230. The lowest BCUT2D eigenvalue weighted by Crippen LogP contribution is -2.19. The molecule has 0 saturated heterocycles. The van der Waals surface area contributed by atoms with Crippen LogP contribution in [0.15, 0.2) is 36.4 Å². The molecule has 0 saturated carbocycles. The van der Waals surface area contributed by atoms with Gasteiger partial charge < -0.3 is 5.32 Å². The van der Waals surface area contributed by atoms with Gasteiger partial charge in [-0.3, -0.25) is 0 Å². The second kappa shape index (κ2) is 6.81. The highest BCUT2D eigenvalue weighted by Gasteiger charge is 2.12. The number of aryl methyl sites for hydroxylation is 1. The zero-order valence-electron chi connectivity index (χ0n) is 12.7. The summed E-state index contributed by atoms with van der Waals surface area (Å²) in [5.74, 6) is -0.766. The molecule has 1 unspecified atom stereocenters. The number of hydrogen-bond acceptors (Lipinski definition) is 1. The van der Waals surface area contributed by atoms with Crippen molar-refractivity contribution in [3.63, 3.8) is 0 Å². The molecular formula is C18H21F2N. The fourth-order valence-electron chi connectivity index (χ4n) is 2.53. The van der Waals surface area contributed by atoms with Crippen LogP contribution in [0, 0.1) is 18.6 Å². The van der Waals surface area contributed by atoms with Crippen LogP contribution in [0.5, 0.6) is 0 Å². The molecule has 0 aliphatic heterocycles. The average Bonchev–Trinajstić information content (AvgIpc) is 2.48. The molecule has 1 N–H and O–H groups in total. The Kier molecular flexibility index (Phi) is 5.07. The lowest BCUT2D eigenvalue weighted by Gasteiger charge is -2.17. The van der Waals surface area contributed by atoms with E-state index < -0.39 is 0 Å². The molecule has 1 nitrogen and oxygen atoms in total. The summed E-state index contributed by atoms with van der Waals surface area (Å²) in [6.45, 7) is 6.60. The van der Waals surface area contributed by atoms with Gasteiger partial charge in [-0.05, 0) is 54.8 Å². The van der Waals surface area contributed by atoms with Crippen molar-refractivity contribution in [1.82, 2.24) is 5.32 Å². The molecular weight excluding hydrogens is 268 g/mol. The largest absolute Gasteiger partial charge is 0.310 e. The van der Waals surface area contributed by atoms with Gasteiger partial charge >= 0.3 is 0 Å². The summed E-state index contributed by atoms with van der Waals surface area (Å²) in [5, 5.41) is 3.39. The minimum atomic E-state index is -0.387. The molecule has 0 heterocycles. The minimum Gasteiger partial charge on any atom is -0.310 e. The first-order valence-electron chi connectivity index (χ1n) is 7.36. The van der Waals surface area contributed by atoms with Gasteiger partial charge in [-0.25, -0.2) is 8.78 Å². The highest BCUT2D eigenvalue weighted by atomic mass is 19.1. The topological polar surface area (TPSA) is 12.0 Å². The highest BCUT2D eigenvalue weighted by molar-refractivity contribution is 5.65. The van der Waals surface area contributed by atoms with E-state index in [9.17, 15) is 8.78 Å². The molecule has 0 radical (unpaired) electrons. The third-order valence-corrected chi connectivity index (χ3v) is 3.71. The van der Waals surface area contributed by atoms with Crippen molar-refractivity contribution in [3.8, 4) is 11.1 Å². The Morgan fingerprint density at radius 1 is 1.05 bits per heavy atom. The van der Waals surface area contributed by atoms with E-state index in [2.05, 4.69) is 19.2 Å². The van der Waals surface area contributed by atoms with E-state index in [0.717, 1.165) is 18.5 Å². The number of hydrogen-bond donors (Lipinski definition) is 1. The maximum Gasteiger partial charge on any atom is 0.131 e. The summed E-state index contributed by atoms with van der Waals surface area (Å²) in [4.78, 5) is 0. The molecule has 0 spiro atoms. The third kappa shape index (κ3) is 3.48. The van der Waals surface area contributed by atoms with E-state index in [0.29, 0.717) is 16.7 Å². The molecule has 2 aromatic rings. The number of nitrogens with one attached hydrogen (secondary N) is 1. The Bertz CT molecular complexity index is 623. The Hall–Kier alpha value is -1.74. The van der Waals surface area contributed by atoms with Gasteiger partial charge in [-0.15, -0.1) is 0 Å². The zero-order valence-corrected chi connectivity index (χ0v) is 12.7. The van der Waals surface area contributed by atoms with Gasteiger partial charge in [-0.2, -0.15) is 0 Å². The molecule has 2 rings (SSSR count). The summed E-state index contributed by atoms with van der Waals surface area (Å²) in [6, 6.07) is 10.4. The van der Waals surface area contributed by atoms with Gasteiger partial charge in [0.05, 0.1) is 0 Å². The summed E-state index contributed by atoms with van der Waals surface area (Å²) in [6.07, 6.45) is 0.946. The van der Waals surface area contributed by atoms with Crippen molar-refractivity contribution in [2.45, 2.75) is 33.2 Å². The SMILES string of the molecule is CCNC(CC)c1cccc(-c2cc(F)c(C)cc2F)c1. The summed E-state index contributed by atoms with van der Waals surface area (Å²) < 4.78 is 27.8. The summed E-state index contributed by atoms with van der Waals surface area (Å²) in [5.41, 5.74) is 2.44. The van der Waals surface area contributed by atoms with Crippen LogP contribution in [-0.2, 0) is 0 Å². The second-order valence-electron chi connectivity index (χ2n) is 5.23. The predicted octanol–water partition coefficient (Wildman–Crippen LogP) is 5.00. The van der Waals surface area contributed by atoms with Crippen molar-refractivity contribution in [2.75, 3.05) is 6.54 Å². The van der Waals surface area contributed by atoms with Crippen LogP contribution in [0.3, 0.4) is 0 Å². The Morgan fingerprint density at radius 3 is 2.48 bits per heavy atom. The van der Waals surface area contributed by atoms with Crippen molar-refractivity contribution < 1.29 is 8.78 Å². The van der Waals surface area contributed by atoms with E-state index in [1.807, 2.05) is 24.3 Å². The Labute approximate surface area is 125 Å². The molecule has 0 bridgehead atoms. The normalized spacial score (nSPS) is 12.4. The molecule has 0 aliphatic rings. The van der Waals surface area contributed by atoms with Crippen molar-refractivity contribution in [2.24, 2.45) is 0 Å². The first-order chi connectivity index (χ1) is 10.1. The molecule has 2 aromatic carbocycles. The molecule has 112 valence electrons. The van der Waals surface area contributed by atoms with Gasteiger partial charge in [0.1, 0.15) is 11.6 Å². The molecule has 3 heteroatoms. The quantitative estimate of drug-likeness (QED) is 0.816. The van der Waals surface area contributed by atoms with Crippen LogP contribution in [0.4, 0.5) is 8.78 Å². The molecule has 21 heavy (non-hydrogen) atoms. The van der Waals surface area contributed by atoms with Crippen LogP contribution in [0.1, 0.15) is 37.4 Å². The fraction of sp³-hybridized carbons (Fsp3) is 0.333. The van der Waals surface area contributed by atoms with Gasteiger partial charge in [-0.1, -0.05) is 32.0 Å². The van der Waals surface area contributed by atoms with Crippen LogP contribution in [0.2, 0.25) is 0 Å².